The van der Waals surface area contributed by atoms with Crippen molar-refractivity contribution in [3.8, 4) is 0 Å². The number of carbonyl (C=O) groups is 2. The molecule has 8 nitrogen and oxygen atoms in total. The van der Waals surface area contributed by atoms with Gasteiger partial charge in [-0.1, -0.05) is 0 Å². The van der Waals surface area contributed by atoms with E-state index in [2.05, 4.69) is 58.3 Å². The smallest absolute Gasteiger partial charge is 0.475 e. The van der Waals surface area contributed by atoms with Gasteiger partial charge in [0.2, 0.25) is 0 Å². The van der Waals surface area contributed by atoms with Crippen LogP contribution in [0.3, 0.4) is 0 Å². The van der Waals surface area contributed by atoms with E-state index in [1.54, 1.807) is 11.3 Å². The summed E-state index contributed by atoms with van der Waals surface area (Å²) in [5.41, 5.74) is 2.61. The van der Waals surface area contributed by atoms with Crippen LogP contribution >= 0.6 is 11.3 Å². The third kappa shape index (κ3) is 11.1. The molecule has 0 saturated heterocycles. The summed E-state index contributed by atoms with van der Waals surface area (Å²) in [4.78, 5) is 27.4. The van der Waals surface area contributed by atoms with Crippen molar-refractivity contribution < 1.29 is 46.1 Å². The number of alkyl halides is 6. The molecule has 198 valence electrons. The Morgan fingerprint density at radius 2 is 1.66 bits per heavy atom. The standard InChI is InChI=1S/C16H24N4S.2C2HF3O2/c1-13(2)18(3)9-15-10-20-6-5-19(11-16(20)17-15)8-14-4-7-21-12-14;2*3-2(4,5)1(6)7/h4,7,10,12-13H,5-6,8-9,11H2,1-3H3;2*(H,6,7). The number of imidazole rings is 1. The fourth-order valence-corrected chi connectivity index (χ4v) is 3.31. The number of aromatic nitrogens is 2. The molecule has 0 unspecified atom stereocenters. The highest BCUT2D eigenvalue weighted by Gasteiger charge is 2.38. The first-order chi connectivity index (χ1) is 16.0. The Kier molecular flexibility index (Phi) is 11.2. The Labute approximate surface area is 201 Å². The lowest BCUT2D eigenvalue weighted by Gasteiger charge is -2.27. The minimum absolute atomic E-state index is 0.554. The number of carboxylic acid groups (broad SMARTS) is 2. The van der Waals surface area contributed by atoms with Crippen LogP contribution in [-0.2, 0) is 35.8 Å². The van der Waals surface area contributed by atoms with Crippen LogP contribution in [0.15, 0.2) is 23.0 Å². The van der Waals surface area contributed by atoms with Gasteiger partial charge in [0.25, 0.3) is 0 Å². The zero-order valence-electron chi connectivity index (χ0n) is 19.1. The molecule has 0 spiro atoms. The van der Waals surface area contributed by atoms with Gasteiger partial charge in [-0.15, -0.1) is 0 Å². The second kappa shape index (κ2) is 12.9. The molecule has 3 rings (SSSR count). The SMILES string of the molecule is CC(C)N(C)Cc1cn2c(n1)CN(Cc1ccsc1)CC2.O=C(O)C(F)(F)F.O=C(O)C(F)(F)F. The number of hydrogen-bond acceptors (Lipinski definition) is 6. The molecule has 2 N–H and O–H groups in total. The summed E-state index contributed by atoms with van der Waals surface area (Å²) in [6.07, 6.45) is -7.93. The number of halogens is 6. The van der Waals surface area contributed by atoms with Crippen LogP contribution in [0.1, 0.15) is 30.9 Å². The normalized spacial score (nSPS) is 14.0. The van der Waals surface area contributed by atoms with Gasteiger partial charge in [0.15, 0.2) is 0 Å². The monoisotopic (exact) mass is 532 g/mol. The Hall–Kier alpha value is -2.65. The highest BCUT2D eigenvalue weighted by atomic mass is 32.1. The summed E-state index contributed by atoms with van der Waals surface area (Å²) in [7, 11) is 2.16. The van der Waals surface area contributed by atoms with Crippen molar-refractivity contribution in [3.05, 3.63) is 40.1 Å². The quantitative estimate of drug-likeness (QED) is 0.561. The summed E-state index contributed by atoms with van der Waals surface area (Å²) in [6, 6.07) is 2.77. The number of fused-ring (bicyclic) bond motifs is 1. The van der Waals surface area contributed by atoms with Crippen LogP contribution in [0.2, 0.25) is 0 Å². The van der Waals surface area contributed by atoms with Gasteiger partial charge in [0.05, 0.1) is 12.2 Å². The maximum Gasteiger partial charge on any atom is 0.490 e. The highest BCUT2D eigenvalue weighted by molar-refractivity contribution is 7.07. The predicted molar refractivity (Wildman–Crippen MR) is 115 cm³/mol. The molecule has 0 aliphatic carbocycles. The van der Waals surface area contributed by atoms with E-state index in [0.29, 0.717) is 6.04 Å². The summed E-state index contributed by atoms with van der Waals surface area (Å²) >= 11 is 1.77. The molecule has 0 fully saturated rings. The molecule has 0 saturated carbocycles. The van der Waals surface area contributed by atoms with Gasteiger partial charge in [-0.25, -0.2) is 14.6 Å². The van der Waals surface area contributed by atoms with E-state index in [1.165, 1.54) is 17.1 Å². The van der Waals surface area contributed by atoms with Crippen molar-refractivity contribution in [1.29, 1.82) is 0 Å². The Balaban J connectivity index is 0.000000362. The van der Waals surface area contributed by atoms with Crippen LogP contribution in [-0.4, -0.2) is 73.5 Å². The molecule has 35 heavy (non-hydrogen) atoms. The Bertz CT molecular complexity index is 921. The van der Waals surface area contributed by atoms with E-state index >= 15 is 0 Å². The van der Waals surface area contributed by atoms with Gasteiger partial charge in [-0.3, -0.25) is 9.80 Å². The zero-order chi connectivity index (χ0) is 27.0. The third-order valence-electron chi connectivity index (χ3n) is 4.70. The number of thiophene rings is 1. The fourth-order valence-electron chi connectivity index (χ4n) is 2.65. The van der Waals surface area contributed by atoms with E-state index in [1.807, 2.05) is 0 Å². The minimum atomic E-state index is -5.08. The van der Waals surface area contributed by atoms with Crippen molar-refractivity contribution in [3.63, 3.8) is 0 Å². The second-order valence-corrected chi connectivity index (χ2v) is 8.58. The molecule has 0 radical (unpaired) electrons. The van der Waals surface area contributed by atoms with Gasteiger partial charge < -0.3 is 14.8 Å². The van der Waals surface area contributed by atoms with Crippen molar-refractivity contribution in [2.45, 2.75) is 58.4 Å². The summed E-state index contributed by atoms with van der Waals surface area (Å²) in [6.45, 7) is 9.54. The molecule has 1 aliphatic heterocycles. The van der Waals surface area contributed by atoms with Gasteiger partial charge in [-0.05, 0) is 43.3 Å². The van der Waals surface area contributed by atoms with Crippen LogP contribution in [0.4, 0.5) is 26.3 Å². The molecule has 2 aromatic heterocycles. The highest BCUT2D eigenvalue weighted by Crippen LogP contribution is 2.18. The molecular formula is C20H26F6N4O4S. The molecule has 2 aromatic rings. The number of carboxylic acids is 2. The van der Waals surface area contributed by atoms with Crippen LogP contribution in [0, 0.1) is 0 Å². The molecule has 0 atom stereocenters. The molecule has 0 aromatic carbocycles. The summed E-state index contributed by atoms with van der Waals surface area (Å²) in [5, 5.41) is 18.6. The molecule has 0 amide bonds. The Morgan fingerprint density at radius 1 is 1.11 bits per heavy atom. The maximum absolute atomic E-state index is 10.6. The van der Waals surface area contributed by atoms with Gasteiger partial charge in [0, 0.05) is 38.4 Å². The third-order valence-corrected chi connectivity index (χ3v) is 5.43. The fraction of sp³-hybridized carbons (Fsp3) is 0.550. The molecule has 3 heterocycles. The van der Waals surface area contributed by atoms with Gasteiger partial charge in [-0.2, -0.15) is 37.7 Å². The number of rotatable bonds is 5. The first-order valence-corrected chi connectivity index (χ1v) is 11.0. The first kappa shape index (κ1) is 30.4. The largest absolute Gasteiger partial charge is 0.490 e. The van der Waals surface area contributed by atoms with E-state index < -0.39 is 24.3 Å². The summed E-state index contributed by atoms with van der Waals surface area (Å²) in [5.74, 6) is -4.30. The number of hydrogen-bond donors (Lipinski definition) is 2. The maximum atomic E-state index is 10.6. The van der Waals surface area contributed by atoms with E-state index in [0.717, 1.165) is 32.7 Å². The lowest BCUT2D eigenvalue weighted by Crippen LogP contribution is -2.33. The van der Waals surface area contributed by atoms with Crippen LogP contribution < -0.4 is 0 Å². The van der Waals surface area contributed by atoms with Crippen molar-refractivity contribution in [1.82, 2.24) is 19.4 Å². The molecule has 15 heteroatoms. The van der Waals surface area contributed by atoms with E-state index in [9.17, 15) is 26.3 Å². The average molecular weight is 533 g/mol. The number of aliphatic carboxylic acids is 2. The lowest BCUT2D eigenvalue weighted by molar-refractivity contribution is -0.193. The van der Waals surface area contributed by atoms with Crippen LogP contribution in [0.5, 0.6) is 0 Å². The predicted octanol–water partition coefficient (Wildman–Crippen LogP) is 4.07. The van der Waals surface area contributed by atoms with E-state index in [4.69, 9.17) is 24.8 Å². The minimum Gasteiger partial charge on any atom is -0.475 e. The van der Waals surface area contributed by atoms with Gasteiger partial charge >= 0.3 is 24.3 Å². The Morgan fingerprint density at radius 3 is 2.09 bits per heavy atom. The van der Waals surface area contributed by atoms with Crippen molar-refractivity contribution in [2.75, 3.05) is 13.6 Å². The van der Waals surface area contributed by atoms with Crippen molar-refractivity contribution >= 4 is 23.3 Å². The topological polar surface area (TPSA) is 98.9 Å². The van der Waals surface area contributed by atoms with Gasteiger partial charge in [0.1, 0.15) is 5.82 Å². The molecule has 0 bridgehead atoms. The van der Waals surface area contributed by atoms with Crippen molar-refractivity contribution in [2.24, 2.45) is 0 Å². The zero-order valence-corrected chi connectivity index (χ0v) is 19.9. The van der Waals surface area contributed by atoms with Crippen LogP contribution in [0.25, 0.3) is 0 Å². The molecular weight excluding hydrogens is 506 g/mol. The molecule has 1 aliphatic rings. The lowest BCUT2D eigenvalue weighted by atomic mass is 10.3. The summed E-state index contributed by atoms with van der Waals surface area (Å²) < 4.78 is 65.8. The first-order valence-electron chi connectivity index (χ1n) is 10.1. The average Bonchev–Trinajstić information content (AvgIpc) is 3.36. The number of nitrogens with zero attached hydrogens (tertiary/aromatic N) is 4. The van der Waals surface area contributed by atoms with E-state index in [-0.39, 0.29) is 0 Å². The second-order valence-electron chi connectivity index (χ2n) is 7.80.